The molecule has 0 radical (unpaired) electrons. The third-order valence-corrected chi connectivity index (χ3v) is 13.7. The van der Waals surface area contributed by atoms with Crippen LogP contribution in [0.1, 0.15) is 60.8 Å². The molecule has 74 heavy (non-hydrogen) atoms. The Morgan fingerprint density at radius 2 is 1.03 bits per heavy atom. The smallest absolute Gasteiger partial charge is 0.246 e. The maximum Gasteiger partial charge on any atom is 0.246 e. The third kappa shape index (κ3) is 14.7. The molecule has 3 aliphatic rings. The van der Waals surface area contributed by atoms with E-state index in [1.807, 2.05) is 18.2 Å². The molecule has 1 unspecified atom stereocenters. The first-order chi connectivity index (χ1) is 35.6. The number of fused-ring (bicyclic) bond motifs is 2. The normalized spacial score (nSPS) is 23.3. The van der Waals surface area contributed by atoms with Gasteiger partial charge in [0.1, 0.15) is 47.8 Å². The zero-order valence-electron chi connectivity index (χ0n) is 41.1. The maximum absolute atomic E-state index is 14.8. The highest BCUT2D eigenvalue weighted by molar-refractivity contribution is 5.97. The summed E-state index contributed by atoms with van der Waals surface area (Å²) in [5.74, 6) is -4.97. The number of phenolic OH excluding ortho intramolecular Hbond substituents is 2. The average Bonchev–Trinajstić information content (AvgIpc) is 4.11. The molecular formula is C54H66N10O10. The molecule has 3 saturated heterocycles. The molecular weight excluding hydrogens is 949 g/mol. The summed E-state index contributed by atoms with van der Waals surface area (Å²) in [7, 11) is 0. The van der Waals surface area contributed by atoms with Gasteiger partial charge in [0.2, 0.25) is 47.3 Å². The number of carbonyl (C=O) groups excluding carboxylic acids is 8. The summed E-state index contributed by atoms with van der Waals surface area (Å²) in [6.45, 7) is 0.197. The first-order valence-corrected chi connectivity index (χ1v) is 25.2. The minimum absolute atomic E-state index is 0.00508. The van der Waals surface area contributed by atoms with Crippen LogP contribution in [0.15, 0.2) is 109 Å². The number of hydrogen-bond acceptors (Lipinski definition) is 12. The summed E-state index contributed by atoms with van der Waals surface area (Å²) >= 11 is 0. The van der Waals surface area contributed by atoms with Crippen molar-refractivity contribution < 1.29 is 48.6 Å². The molecule has 8 atom stereocenters. The van der Waals surface area contributed by atoms with Gasteiger partial charge in [-0.25, -0.2) is 0 Å². The molecule has 8 amide bonds. The van der Waals surface area contributed by atoms with Crippen LogP contribution in [0, 0.1) is 0 Å². The van der Waals surface area contributed by atoms with Gasteiger partial charge in [-0.2, -0.15) is 0 Å². The molecule has 0 aliphatic carbocycles. The summed E-state index contributed by atoms with van der Waals surface area (Å²) < 4.78 is 0. The van der Waals surface area contributed by atoms with E-state index >= 15 is 0 Å². The molecule has 0 aromatic heterocycles. The van der Waals surface area contributed by atoms with Gasteiger partial charge in [0, 0.05) is 45.4 Å². The van der Waals surface area contributed by atoms with Crippen LogP contribution >= 0.6 is 0 Å². The summed E-state index contributed by atoms with van der Waals surface area (Å²) in [5.41, 5.74) is 15.3. The lowest BCUT2D eigenvalue weighted by atomic mass is 10.0. The molecule has 7 rings (SSSR count). The number of nitrogens with zero attached hydrogens (tertiary/aromatic N) is 2. The molecule has 3 heterocycles. The van der Waals surface area contributed by atoms with Crippen molar-refractivity contribution in [2.75, 3.05) is 26.2 Å². The summed E-state index contributed by atoms with van der Waals surface area (Å²) in [4.78, 5) is 117. The van der Waals surface area contributed by atoms with Crippen molar-refractivity contribution in [3.8, 4) is 11.5 Å². The Kier molecular flexibility index (Phi) is 18.7. The predicted molar refractivity (Wildman–Crippen MR) is 272 cm³/mol. The molecule has 20 heteroatoms. The Morgan fingerprint density at radius 3 is 1.53 bits per heavy atom. The van der Waals surface area contributed by atoms with Crippen LogP contribution < -0.4 is 43.4 Å². The largest absolute Gasteiger partial charge is 0.508 e. The molecule has 12 N–H and O–H groups in total. The van der Waals surface area contributed by atoms with Crippen molar-refractivity contribution in [3.63, 3.8) is 0 Å². The number of carbonyl (C=O) groups is 8. The zero-order chi connectivity index (χ0) is 52.7. The lowest BCUT2D eigenvalue weighted by molar-refractivity contribution is -0.142. The molecule has 0 spiro atoms. The molecule has 0 bridgehead atoms. The van der Waals surface area contributed by atoms with E-state index in [1.165, 1.54) is 34.1 Å². The highest BCUT2D eigenvalue weighted by atomic mass is 16.3. The van der Waals surface area contributed by atoms with Crippen molar-refractivity contribution in [2.45, 2.75) is 113 Å². The van der Waals surface area contributed by atoms with Gasteiger partial charge in [-0.05, 0) is 91.5 Å². The van der Waals surface area contributed by atoms with Gasteiger partial charge in [-0.1, -0.05) is 84.9 Å². The summed E-state index contributed by atoms with van der Waals surface area (Å²) in [6, 6.07) is 20.9. The van der Waals surface area contributed by atoms with Crippen LogP contribution in [0.2, 0.25) is 0 Å². The van der Waals surface area contributed by atoms with Crippen molar-refractivity contribution in [1.29, 1.82) is 0 Å². The van der Waals surface area contributed by atoms with E-state index in [2.05, 4.69) is 31.9 Å². The molecule has 392 valence electrons. The van der Waals surface area contributed by atoms with Gasteiger partial charge in [-0.3, -0.25) is 38.4 Å². The Balaban J connectivity index is 1.19. The Labute approximate surface area is 429 Å². The highest BCUT2D eigenvalue weighted by Gasteiger charge is 2.41. The fourth-order valence-corrected chi connectivity index (χ4v) is 9.59. The van der Waals surface area contributed by atoms with E-state index in [0.29, 0.717) is 42.4 Å². The van der Waals surface area contributed by atoms with Crippen LogP contribution in [0.25, 0.3) is 0 Å². The van der Waals surface area contributed by atoms with Crippen LogP contribution in [0.3, 0.4) is 0 Å². The van der Waals surface area contributed by atoms with E-state index in [4.69, 9.17) is 11.5 Å². The van der Waals surface area contributed by atoms with Gasteiger partial charge < -0.3 is 63.4 Å². The van der Waals surface area contributed by atoms with E-state index in [1.54, 1.807) is 66.7 Å². The topological polar surface area (TPSA) is 308 Å². The number of aromatic hydroxyl groups is 2. The minimum Gasteiger partial charge on any atom is -0.508 e. The lowest BCUT2D eigenvalue weighted by Gasteiger charge is -2.31. The molecule has 3 fully saturated rings. The monoisotopic (exact) mass is 1010 g/mol. The van der Waals surface area contributed by atoms with Gasteiger partial charge in [0.15, 0.2) is 0 Å². The van der Waals surface area contributed by atoms with E-state index < -0.39 is 95.6 Å². The highest BCUT2D eigenvalue weighted by Crippen LogP contribution is 2.23. The fourth-order valence-electron chi connectivity index (χ4n) is 9.59. The summed E-state index contributed by atoms with van der Waals surface area (Å²) in [5, 5.41) is 36.6. The molecule has 4 aromatic carbocycles. The third-order valence-electron chi connectivity index (χ3n) is 13.7. The van der Waals surface area contributed by atoms with Crippen molar-refractivity contribution in [3.05, 3.63) is 131 Å². The van der Waals surface area contributed by atoms with E-state index in [-0.39, 0.29) is 76.2 Å². The number of nitrogens with two attached hydrogens (primary N) is 2. The van der Waals surface area contributed by atoms with Crippen molar-refractivity contribution in [1.82, 2.24) is 41.7 Å². The molecule has 4 aromatic rings. The van der Waals surface area contributed by atoms with Crippen LogP contribution in [0.5, 0.6) is 11.5 Å². The summed E-state index contributed by atoms with van der Waals surface area (Å²) in [6.07, 6.45) is 1.43. The second-order valence-electron chi connectivity index (χ2n) is 19.1. The van der Waals surface area contributed by atoms with Gasteiger partial charge in [0.25, 0.3) is 0 Å². The predicted octanol–water partition coefficient (Wildman–Crippen LogP) is -0.0296. The quantitative estimate of drug-likeness (QED) is 0.0896. The van der Waals surface area contributed by atoms with Crippen molar-refractivity contribution in [2.24, 2.45) is 11.5 Å². The number of hydrogen-bond donors (Lipinski definition) is 10. The molecule has 3 aliphatic heterocycles. The zero-order valence-corrected chi connectivity index (χ0v) is 41.1. The minimum atomic E-state index is -1.44. The lowest BCUT2D eigenvalue weighted by Crippen LogP contribution is -2.60. The van der Waals surface area contributed by atoms with Gasteiger partial charge in [0.05, 0.1) is 12.1 Å². The number of amides is 8. The number of nitrogens with one attached hydrogen (secondary N) is 6. The average molecular weight is 1020 g/mol. The molecule has 0 saturated carbocycles. The van der Waals surface area contributed by atoms with Crippen molar-refractivity contribution >= 4 is 47.3 Å². The number of rotatable bonds is 12. The second-order valence-corrected chi connectivity index (χ2v) is 19.1. The molecule has 20 nitrogen and oxygen atoms in total. The van der Waals surface area contributed by atoms with Crippen LogP contribution in [-0.2, 0) is 64.0 Å². The Hall–Kier alpha value is -7.84. The maximum atomic E-state index is 14.8. The number of phenols is 2. The van der Waals surface area contributed by atoms with Gasteiger partial charge >= 0.3 is 0 Å². The van der Waals surface area contributed by atoms with Crippen LogP contribution in [0.4, 0.5) is 0 Å². The fraction of sp³-hybridized carbons (Fsp3) is 0.407. The van der Waals surface area contributed by atoms with Gasteiger partial charge in [-0.15, -0.1) is 0 Å². The number of benzene rings is 4. The van der Waals surface area contributed by atoms with E-state index in [9.17, 15) is 48.6 Å². The first kappa shape index (κ1) is 53.9. The standard InChI is InChI=1S/C54H66N10O10/c55-39-23-25-57-51(71)45-13-7-28-64(45)54(74)44(32-34-11-5-2-6-12-34)62-49(69)41(24-26-58-52(72)46-14-8-27-63(46)53(73)43(61-47(39)67)31-33-9-3-1-4-10-33)59-50(70)42(30-36-17-21-38(66)22-18-36)60-48(68)40(56)29-35-15-19-37(65)20-16-35/h1-6,9-12,15-22,39-46,65-66H,7-8,13-14,23-32,55-56H2,(H,57,71)(H,58,72)(H,59,70)(H,60,68)(H,61,67)(H,62,69)/t39-,40+,41?,42+,43+,44+,45-,46-/m1/s1. The second kappa shape index (κ2) is 25.7. The SMILES string of the molecule is N[C@@H]1CCNC(=O)[C@H]2CCCN2C(=O)[C@H](Cc2ccccc2)NC(=O)C(NC(=O)[C@H](Cc2ccc(O)cc2)NC(=O)[C@@H](N)Cc2ccc(O)cc2)CCNC(=O)[C@H]2CCCN2C(=O)[C@H](Cc2ccccc2)NC1=O. The van der Waals surface area contributed by atoms with E-state index in [0.717, 1.165) is 5.56 Å². The first-order valence-electron chi connectivity index (χ1n) is 25.2. The Bertz CT molecular complexity index is 2610. The Morgan fingerprint density at radius 1 is 0.568 bits per heavy atom. The van der Waals surface area contributed by atoms with Crippen LogP contribution in [-0.4, -0.2) is 142 Å².